The standard InChI is InChI=1S/C19H12F2N2O3/c20-19(21)26-23(12-5-4-10-22-11-12)18(24)14-7-3-9-16-17(14)13-6-1-2-8-15(13)25-16/h1-11,19H. The van der Waals surface area contributed by atoms with E-state index < -0.39 is 12.5 Å². The number of hydrogen-bond acceptors (Lipinski definition) is 4. The number of hydroxylamine groups is 1. The molecule has 5 nitrogen and oxygen atoms in total. The maximum atomic E-state index is 13.0. The van der Waals surface area contributed by atoms with Crippen molar-refractivity contribution < 1.29 is 22.8 Å². The summed E-state index contributed by atoms with van der Waals surface area (Å²) in [6.45, 7) is -3.17. The number of pyridine rings is 1. The van der Waals surface area contributed by atoms with Gasteiger partial charge in [-0.3, -0.25) is 9.78 Å². The van der Waals surface area contributed by atoms with Crippen LogP contribution < -0.4 is 5.06 Å². The van der Waals surface area contributed by atoms with Gasteiger partial charge in [-0.15, -0.1) is 0 Å². The lowest BCUT2D eigenvalue weighted by molar-refractivity contribution is -0.131. The molecule has 0 saturated heterocycles. The van der Waals surface area contributed by atoms with Crippen LogP contribution in [0, 0.1) is 0 Å². The molecule has 26 heavy (non-hydrogen) atoms. The molecular formula is C19H12F2N2O3. The Labute approximate surface area is 146 Å². The van der Waals surface area contributed by atoms with Gasteiger partial charge in [-0.25, -0.2) is 0 Å². The Morgan fingerprint density at radius 1 is 1.04 bits per heavy atom. The van der Waals surface area contributed by atoms with Crippen molar-refractivity contribution in [1.29, 1.82) is 0 Å². The number of nitrogens with zero attached hydrogens (tertiary/aromatic N) is 2. The Kier molecular flexibility index (Phi) is 4.06. The van der Waals surface area contributed by atoms with Crippen LogP contribution in [0.2, 0.25) is 0 Å². The van der Waals surface area contributed by atoms with E-state index in [9.17, 15) is 13.6 Å². The zero-order valence-electron chi connectivity index (χ0n) is 13.3. The van der Waals surface area contributed by atoms with Gasteiger partial charge in [0.1, 0.15) is 11.2 Å². The van der Waals surface area contributed by atoms with Gasteiger partial charge < -0.3 is 4.42 Å². The maximum absolute atomic E-state index is 13.0. The molecule has 4 rings (SSSR count). The summed E-state index contributed by atoms with van der Waals surface area (Å²) in [5, 5.41) is 1.81. The molecule has 0 bridgehead atoms. The first-order chi connectivity index (χ1) is 12.6. The van der Waals surface area contributed by atoms with E-state index in [4.69, 9.17) is 4.42 Å². The highest BCUT2D eigenvalue weighted by Crippen LogP contribution is 2.32. The Morgan fingerprint density at radius 3 is 2.62 bits per heavy atom. The lowest BCUT2D eigenvalue weighted by atomic mass is 10.1. The predicted octanol–water partition coefficient (Wildman–Crippen LogP) is 4.78. The number of carbonyl (C=O) groups excluding carboxylic acids is 1. The summed E-state index contributed by atoms with van der Waals surface area (Å²) in [5.41, 5.74) is 1.38. The third-order valence-corrected chi connectivity index (χ3v) is 3.88. The molecule has 0 aliphatic carbocycles. The van der Waals surface area contributed by atoms with Gasteiger partial charge in [0.25, 0.3) is 5.91 Å². The normalized spacial score (nSPS) is 11.3. The van der Waals surface area contributed by atoms with Crippen molar-refractivity contribution in [2.45, 2.75) is 6.61 Å². The Bertz CT molecular complexity index is 1080. The molecule has 0 saturated carbocycles. The molecule has 0 radical (unpaired) electrons. The molecule has 7 heteroatoms. The van der Waals surface area contributed by atoms with Crippen molar-refractivity contribution in [2.75, 3.05) is 5.06 Å². The zero-order chi connectivity index (χ0) is 18.1. The summed E-state index contributed by atoms with van der Waals surface area (Å²) in [4.78, 5) is 21.4. The van der Waals surface area contributed by atoms with Gasteiger partial charge in [0, 0.05) is 17.0 Å². The van der Waals surface area contributed by atoms with Crippen LogP contribution >= 0.6 is 0 Å². The Morgan fingerprint density at radius 2 is 1.85 bits per heavy atom. The van der Waals surface area contributed by atoms with Crippen LogP contribution in [0.5, 0.6) is 0 Å². The fourth-order valence-electron chi connectivity index (χ4n) is 2.84. The maximum Gasteiger partial charge on any atom is 0.365 e. The molecule has 0 aliphatic heterocycles. The van der Waals surface area contributed by atoms with Gasteiger partial charge in [0.2, 0.25) is 0 Å². The van der Waals surface area contributed by atoms with Gasteiger partial charge in [0.15, 0.2) is 0 Å². The van der Waals surface area contributed by atoms with Gasteiger partial charge in [-0.05, 0) is 30.3 Å². The van der Waals surface area contributed by atoms with Crippen molar-refractivity contribution in [3.63, 3.8) is 0 Å². The Balaban J connectivity index is 1.88. The third-order valence-electron chi connectivity index (χ3n) is 3.88. The van der Waals surface area contributed by atoms with Crippen molar-refractivity contribution in [3.05, 3.63) is 72.6 Å². The van der Waals surface area contributed by atoms with E-state index >= 15 is 0 Å². The number of furan rings is 1. The van der Waals surface area contributed by atoms with Crippen LogP contribution in [-0.2, 0) is 4.84 Å². The molecule has 2 aromatic carbocycles. The van der Waals surface area contributed by atoms with Crippen LogP contribution in [0.25, 0.3) is 21.9 Å². The highest BCUT2D eigenvalue weighted by atomic mass is 19.3. The molecule has 0 fully saturated rings. The van der Waals surface area contributed by atoms with E-state index in [0.29, 0.717) is 21.6 Å². The number of alkyl halides is 2. The number of para-hydroxylation sites is 1. The summed E-state index contributed by atoms with van der Waals surface area (Å²) in [6.07, 6.45) is 2.74. The Hall–Kier alpha value is -3.32. The second-order valence-corrected chi connectivity index (χ2v) is 5.45. The molecule has 0 unspecified atom stereocenters. The topological polar surface area (TPSA) is 55.6 Å². The molecule has 4 aromatic rings. The number of aromatic nitrogens is 1. The van der Waals surface area contributed by atoms with E-state index in [2.05, 4.69) is 9.82 Å². The van der Waals surface area contributed by atoms with Crippen molar-refractivity contribution in [2.24, 2.45) is 0 Å². The monoisotopic (exact) mass is 354 g/mol. The first kappa shape index (κ1) is 16.2. The number of halogens is 2. The summed E-state index contributed by atoms with van der Waals surface area (Å²) in [5.74, 6) is -0.740. The molecule has 130 valence electrons. The van der Waals surface area contributed by atoms with E-state index in [1.165, 1.54) is 24.5 Å². The quantitative estimate of drug-likeness (QED) is 0.495. The summed E-state index contributed by atoms with van der Waals surface area (Å²) in [7, 11) is 0. The summed E-state index contributed by atoms with van der Waals surface area (Å²) in [6, 6.07) is 15.1. The highest BCUT2D eigenvalue weighted by molar-refractivity contribution is 6.19. The zero-order valence-corrected chi connectivity index (χ0v) is 13.3. The fraction of sp³-hybridized carbons (Fsp3) is 0.0526. The molecule has 1 amide bonds. The molecular weight excluding hydrogens is 342 g/mol. The van der Waals surface area contributed by atoms with Crippen molar-refractivity contribution >= 4 is 33.5 Å². The van der Waals surface area contributed by atoms with Crippen LogP contribution in [-0.4, -0.2) is 17.5 Å². The first-order valence-electron chi connectivity index (χ1n) is 7.75. The van der Waals surface area contributed by atoms with E-state index in [0.717, 1.165) is 5.39 Å². The lowest BCUT2D eigenvalue weighted by Crippen LogP contribution is -2.33. The first-order valence-corrected chi connectivity index (χ1v) is 7.75. The van der Waals surface area contributed by atoms with E-state index in [-0.39, 0.29) is 11.3 Å². The van der Waals surface area contributed by atoms with Gasteiger partial charge in [-0.2, -0.15) is 18.7 Å². The fourth-order valence-corrected chi connectivity index (χ4v) is 2.84. The van der Waals surface area contributed by atoms with E-state index in [1.807, 2.05) is 12.1 Å². The lowest BCUT2D eigenvalue weighted by Gasteiger charge is -2.21. The average Bonchev–Trinajstić information content (AvgIpc) is 3.05. The van der Waals surface area contributed by atoms with Crippen LogP contribution in [0.15, 0.2) is 71.4 Å². The van der Waals surface area contributed by atoms with Gasteiger partial charge >= 0.3 is 6.61 Å². The number of fused-ring (bicyclic) bond motifs is 3. The molecule has 2 aromatic heterocycles. The summed E-state index contributed by atoms with van der Waals surface area (Å²) >= 11 is 0. The van der Waals surface area contributed by atoms with Crippen molar-refractivity contribution in [3.8, 4) is 0 Å². The minimum Gasteiger partial charge on any atom is -0.456 e. The average molecular weight is 354 g/mol. The molecule has 0 spiro atoms. The number of amides is 1. The molecule has 0 atom stereocenters. The smallest absolute Gasteiger partial charge is 0.365 e. The van der Waals surface area contributed by atoms with Gasteiger partial charge in [0.05, 0.1) is 17.4 Å². The highest BCUT2D eigenvalue weighted by Gasteiger charge is 2.26. The summed E-state index contributed by atoms with van der Waals surface area (Å²) < 4.78 is 31.5. The second kappa shape index (κ2) is 6.53. The van der Waals surface area contributed by atoms with Crippen molar-refractivity contribution in [1.82, 2.24) is 4.98 Å². The SMILES string of the molecule is O=C(c1cccc2oc3ccccc3c12)N(OC(F)F)c1cccnc1. The second-order valence-electron chi connectivity index (χ2n) is 5.45. The molecule has 2 heterocycles. The third kappa shape index (κ3) is 2.78. The predicted molar refractivity (Wildman–Crippen MR) is 91.9 cm³/mol. The number of rotatable bonds is 4. The molecule has 0 N–H and O–H groups in total. The van der Waals surface area contributed by atoms with Crippen LogP contribution in [0.3, 0.4) is 0 Å². The molecule has 0 aliphatic rings. The van der Waals surface area contributed by atoms with Crippen LogP contribution in [0.4, 0.5) is 14.5 Å². The largest absolute Gasteiger partial charge is 0.456 e. The van der Waals surface area contributed by atoms with Crippen LogP contribution in [0.1, 0.15) is 10.4 Å². The minimum atomic E-state index is -3.17. The van der Waals surface area contributed by atoms with E-state index in [1.54, 1.807) is 30.3 Å². The number of benzene rings is 2. The van der Waals surface area contributed by atoms with Gasteiger partial charge in [-0.1, -0.05) is 24.3 Å². The minimum absolute atomic E-state index is 0.0996. The number of carbonyl (C=O) groups is 1. The number of hydrogen-bond donors (Lipinski definition) is 0. The number of anilines is 1.